The summed E-state index contributed by atoms with van der Waals surface area (Å²) in [5.74, 6) is 0. The lowest BCUT2D eigenvalue weighted by atomic mass is 9.80. The molecule has 0 amide bonds. The van der Waals surface area contributed by atoms with Crippen LogP contribution in [0.15, 0.2) is 0 Å². The molecule has 1 aliphatic heterocycles. The number of hydrogen-bond donors (Lipinski definition) is 1. The fraction of sp³-hybridized carbons (Fsp3) is 1.00. The lowest BCUT2D eigenvalue weighted by Gasteiger charge is -2.51. The summed E-state index contributed by atoms with van der Waals surface area (Å²) in [6.45, 7) is 12.2. The van der Waals surface area contributed by atoms with Crippen LogP contribution in [0.3, 0.4) is 0 Å². The Balaban J connectivity index is 2.74. The quantitative estimate of drug-likeness (QED) is 0.842. The van der Waals surface area contributed by atoms with Crippen LogP contribution in [0.25, 0.3) is 0 Å². The molecule has 126 valence electrons. The first kappa shape index (κ1) is 18.7. The zero-order chi connectivity index (χ0) is 16.3. The number of ether oxygens (including phenoxy) is 1. The Hall–Kier alpha value is -0.330. The van der Waals surface area contributed by atoms with Gasteiger partial charge in [0.05, 0.1) is 6.61 Å². The molecule has 0 aliphatic carbocycles. The highest BCUT2D eigenvalue weighted by Gasteiger charge is 2.41. The van der Waals surface area contributed by atoms with Crippen LogP contribution >= 0.6 is 0 Å². The molecule has 0 aromatic carbocycles. The Kier molecular flexibility index (Phi) is 6.09. The van der Waals surface area contributed by atoms with Gasteiger partial charge < -0.3 is 5.32 Å². The number of rotatable bonds is 5. The van der Waals surface area contributed by atoms with Gasteiger partial charge in [-0.25, -0.2) is 0 Å². The maximum atomic E-state index is 12.2. The molecule has 0 aromatic heterocycles. The number of nitrogens with zero attached hydrogens (tertiary/aromatic N) is 1. The third kappa shape index (κ3) is 5.42. The molecule has 0 spiro atoms. The molecule has 0 saturated carbocycles. The molecule has 3 nitrogen and oxygen atoms in total. The van der Waals surface area contributed by atoms with Gasteiger partial charge in [-0.05, 0) is 18.3 Å². The number of piperazine rings is 1. The van der Waals surface area contributed by atoms with Gasteiger partial charge in [-0.15, -0.1) is 13.2 Å². The predicted molar refractivity (Wildman–Crippen MR) is 78.1 cm³/mol. The molecule has 1 atom stereocenters. The Morgan fingerprint density at radius 2 is 1.76 bits per heavy atom. The van der Waals surface area contributed by atoms with Crippen LogP contribution in [0.5, 0.6) is 0 Å². The molecule has 1 saturated heterocycles. The second kappa shape index (κ2) is 6.84. The summed E-state index contributed by atoms with van der Waals surface area (Å²) in [6, 6.07) is 0.209. The molecule has 0 aromatic rings. The highest BCUT2D eigenvalue weighted by molar-refractivity contribution is 4.99. The van der Waals surface area contributed by atoms with Gasteiger partial charge in [-0.2, -0.15) is 0 Å². The fourth-order valence-electron chi connectivity index (χ4n) is 3.09. The van der Waals surface area contributed by atoms with Crippen molar-refractivity contribution in [3.63, 3.8) is 0 Å². The molecular formula is C15H29F3N2O. The van der Waals surface area contributed by atoms with Crippen LogP contribution in [-0.4, -0.2) is 49.1 Å². The number of halogens is 3. The summed E-state index contributed by atoms with van der Waals surface area (Å²) in [7, 11) is 0. The number of hydrogen-bond acceptors (Lipinski definition) is 3. The van der Waals surface area contributed by atoms with Crippen molar-refractivity contribution >= 4 is 0 Å². The van der Waals surface area contributed by atoms with Crippen LogP contribution in [0.1, 0.15) is 47.5 Å². The third-order valence-electron chi connectivity index (χ3n) is 4.61. The SMILES string of the molecule is CCC1(CC)CN(CCOC(F)(F)F)C(C(C)(C)C)CN1. The monoisotopic (exact) mass is 310 g/mol. The largest absolute Gasteiger partial charge is 0.522 e. The zero-order valence-electron chi connectivity index (χ0n) is 13.8. The zero-order valence-corrected chi connectivity index (χ0v) is 13.8. The van der Waals surface area contributed by atoms with Gasteiger partial charge in [0.1, 0.15) is 0 Å². The van der Waals surface area contributed by atoms with Gasteiger partial charge in [0.15, 0.2) is 0 Å². The van der Waals surface area contributed by atoms with E-state index in [1.807, 2.05) is 0 Å². The summed E-state index contributed by atoms with van der Waals surface area (Å²) < 4.78 is 40.5. The first-order valence-electron chi connectivity index (χ1n) is 7.73. The van der Waals surface area contributed by atoms with E-state index in [0.717, 1.165) is 25.9 Å². The summed E-state index contributed by atoms with van der Waals surface area (Å²) in [4.78, 5) is 2.16. The van der Waals surface area contributed by atoms with Crippen molar-refractivity contribution in [3.8, 4) is 0 Å². The molecule has 21 heavy (non-hydrogen) atoms. The van der Waals surface area contributed by atoms with E-state index in [4.69, 9.17) is 0 Å². The van der Waals surface area contributed by atoms with Crippen LogP contribution in [0.4, 0.5) is 13.2 Å². The van der Waals surface area contributed by atoms with Gasteiger partial charge in [0.25, 0.3) is 0 Å². The molecule has 1 heterocycles. The second-order valence-electron chi connectivity index (χ2n) is 7.01. The van der Waals surface area contributed by atoms with Crippen LogP contribution in [-0.2, 0) is 4.74 Å². The first-order valence-corrected chi connectivity index (χ1v) is 7.73. The Bertz CT molecular complexity index is 322. The second-order valence-corrected chi connectivity index (χ2v) is 7.01. The maximum absolute atomic E-state index is 12.2. The Labute approximate surface area is 126 Å². The van der Waals surface area contributed by atoms with E-state index in [9.17, 15) is 13.2 Å². The molecule has 0 bridgehead atoms. The Morgan fingerprint density at radius 3 is 2.19 bits per heavy atom. The maximum Gasteiger partial charge on any atom is 0.522 e. The summed E-state index contributed by atoms with van der Waals surface area (Å²) in [5.41, 5.74) is 0.0128. The summed E-state index contributed by atoms with van der Waals surface area (Å²) in [6.07, 6.45) is -2.61. The van der Waals surface area contributed by atoms with E-state index in [2.05, 4.69) is 49.6 Å². The predicted octanol–water partition coefficient (Wildman–Crippen LogP) is 3.40. The minimum absolute atomic E-state index is 0.0000174. The topological polar surface area (TPSA) is 24.5 Å². The molecular weight excluding hydrogens is 281 g/mol. The standard InChI is InChI=1S/C15H29F3N2O/c1-6-14(7-2)11-20(8-9-21-15(16,17)18)12(10-19-14)13(3,4)5/h12,19H,6-11H2,1-5H3. The molecule has 1 unspecified atom stereocenters. The number of nitrogens with one attached hydrogen (secondary N) is 1. The summed E-state index contributed by atoms with van der Waals surface area (Å²) >= 11 is 0. The molecule has 6 heteroatoms. The average molecular weight is 310 g/mol. The Morgan fingerprint density at radius 1 is 1.19 bits per heavy atom. The van der Waals surface area contributed by atoms with Gasteiger partial charge >= 0.3 is 6.36 Å². The van der Waals surface area contributed by atoms with E-state index in [0.29, 0.717) is 6.54 Å². The van der Waals surface area contributed by atoms with Crippen molar-refractivity contribution in [2.24, 2.45) is 5.41 Å². The minimum atomic E-state index is -4.54. The first-order chi connectivity index (χ1) is 9.53. The normalized spacial score (nSPS) is 24.3. The van der Waals surface area contributed by atoms with Gasteiger partial charge in [-0.1, -0.05) is 34.6 Å². The van der Waals surface area contributed by atoms with E-state index >= 15 is 0 Å². The van der Waals surface area contributed by atoms with Crippen LogP contribution in [0, 0.1) is 5.41 Å². The highest BCUT2D eigenvalue weighted by Crippen LogP contribution is 2.31. The van der Waals surface area contributed by atoms with Crippen LogP contribution in [0.2, 0.25) is 0 Å². The fourth-order valence-corrected chi connectivity index (χ4v) is 3.09. The van der Waals surface area contributed by atoms with Crippen molar-refractivity contribution in [3.05, 3.63) is 0 Å². The molecule has 1 rings (SSSR count). The molecule has 1 aliphatic rings. The highest BCUT2D eigenvalue weighted by atomic mass is 19.4. The average Bonchev–Trinajstić information content (AvgIpc) is 2.35. The summed E-state index contributed by atoms with van der Waals surface area (Å²) in [5, 5.41) is 3.62. The van der Waals surface area contributed by atoms with E-state index in [1.54, 1.807) is 0 Å². The molecule has 0 radical (unpaired) electrons. The number of alkyl halides is 3. The van der Waals surface area contributed by atoms with Crippen molar-refractivity contribution in [1.29, 1.82) is 0 Å². The molecule has 1 N–H and O–H groups in total. The van der Waals surface area contributed by atoms with E-state index in [1.165, 1.54) is 0 Å². The van der Waals surface area contributed by atoms with Gasteiger partial charge in [0, 0.05) is 31.2 Å². The smallest absolute Gasteiger partial charge is 0.308 e. The minimum Gasteiger partial charge on any atom is -0.308 e. The lowest BCUT2D eigenvalue weighted by molar-refractivity contribution is -0.325. The van der Waals surface area contributed by atoms with Crippen molar-refractivity contribution in [1.82, 2.24) is 10.2 Å². The van der Waals surface area contributed by atoms with Gasteiger partial charge in [-0.3, -0.25) is 9.64 Å². The van der Waals surface area contributed by atoms with Crippen molar-refractivity contribution in [2.45, 2.75) is 65.4 Å². The van der Waals surface area contributed by atoms with E-state index < -0.39 is 6.36 Å². The van der Waals surface area contributed by atoms with Crippen LogP contribution < -0.4 is 5.32 Å². The molecule has 1 fully saturated rings. The van der Waals surface area contributed by atoms with E-state index in [-0.39, 0.29) is 23.6 Å². The lowest BCUT2D eigenvalue weighted by Crippen LogP contribution is -2.66. The third-order valence-corrected chi connectivity index (χ3v) is 4.61. The van der Waals surface area contributed by atoms with Gasteiger partial charge in [0.2, 0.25) is 0 Å². The van der Waals surface area contributed by atoms with Crippen molar-refractivity contribution in [2.75, 3.05) is 26.2 Å². The van der Waals surface area contributed by atoms with Crippen molar-refractivity contribution < 1.29 is 17.9 Å².